The summed E-state index contributed by atoms with van der Waals surface area (Å²) in [6.07, 6.45) is 3.53. The van der Waals surface area contributed by atoms with E-state index in [9.17, 15) is 9.90 Å². The zero-order valence-corrected chi connectivity index (χ0v) is 18.2. The van der Waals surface area contributed by atoms with Gasteiger partial charge in [-0.25, -0.2) is 9.78 Å². The number of fused-ring (bicyclic) bond motifs is 3. The lowest BCUT2D eigenvalue weighted by Gasteiger charge is -2.29. The summed E-state index contributed by atoms with van der Waals surface area (Å²) in [4.78, 5) is 25.8. The molecule has 1 aliphatic rings. The summed E-state index contributed by atoms with van der Waals surface area (Å²) in [5, 5.41) is 15.6. The monoisotopic (exact) mass is 492 g/mol. The van der Waals surface area contributed by atoms with Gasteiger partial charge in [-0.1, -0.05) is 18.2 Å². The molecule has 1 aromatic carbocycles. The predicted molar refractivity (Wildman–Crippen MR) is 124 cm³/mol. The van der Waals surface area contributed by atoms with Crippen LogP contribution in [0.5, 0.6) is 5.88 Å². The van der Waals surface area contributed by atoms with E-state index >= 15 is 0 Å². The van der Waals surface area contributed by atoms with Gasteiger partial charge in [0.2, 0.25) is 5.88 Å². The smallest absolute Gasteiger partial charge is 0.328 e. The lowest BCUT2D eigenvalue weighted by molar-refractivity contribution is 0.439. The number of nitrogen functional groups attached to an aromatic ring is 1. The molecule has 0 atom stereocenters. The Bertz CT molecular complexity index is 1580. The fourth-order valence-corrected chi connectivity index (χ4v) is 4.67. The Hall–Kier alpha value is -3.86. The van der Waals surface area contributed by atoms with E-state index in [1.807, 2.05) is 29.2 Å². The van der Waals surface area contributed by atoms with Gasteiger partial charge >= 0.3 is 5.69 Å². The normalized spacial score (nSPS) is 13.7. The van der Waals surface area contributed by atoms with Crippen molar-refractivity contribution in [3.8, 4) is 17.0 Å². The summed E-state index contributed by atoms with van der Waals surface area (Å²) >= 11 is 3.56. The average Bonchev–Trinajstić information content (AvgIpc) is 3.36. The minimum absolute atomic E-state index is 0.128. The molecule has 0 spiro atoms. The second-order valence-corrected chi connectivity index (χ2v) is 8.44. The lowest BCUT2D eigenvalue weighted by Crippen LogP contribution is -2.37. The number of rotatable bonds is 2. The van der Waals surface area contributed by atoms with Crippen molar-refractivity contribution < 1.29 is 5.11 Å². The van der Waals surface area contributed by atoms with Crippen molar-refractivity contribution in [1.82, 2.24) is 29.1 Å². The van der Waals surface area contributed by atoms with E-state index < -0.39 is 0 Å². The van der Waals surface area contributed by atoms with Gasteiger partial charge in [0.25, 0.3) is 0 Å². The third kappa shape index (κ3) is 2.71. The van der Waals surface area contributed by atoms with Crippen LogP contribution in [-0.4, -0.2) is 40.8 Å². The number of nitrogens with two attached hydrogens (primary N) is 1. The largest absolute Gasteiger partial charge is 0.493 e. The lowest BCUT2D eigenvalue weighted by atomic mass is 10.1. The minimum Gasteiger partial charge on any atom is -0.493 e. The number of hydrogen-bond donors (Lipinski definition) is 3. The molecule has 0 radical (unpaired) electrons. The Kier molecular flexibility index (Phi) is 4.02. The average molecular weight is 493 g/mol. The van der Waals surface area contributed by atoms with Gasteiger partial charge in [-0.15, -0.1) is 0 Å². The number of halogens is 1. The minimum atomic E-state index is -0.318. The van der Waals surface area contributed by atoms with Crippen LogP contribution in [0.15, 0.2) is 52.0 Å². The summed E-state index contributed by atoms with van der Waals surface area (Å²) in [6.45, 7) is 1.27. The van der Waals surface area contributed by atoms with E-state index in [4.69, 9.17) is 10.7 Å². The van der Waals surface area contributed by atoms with Gasteiger partial charge in [-0.2, -0.15) is 9.61 Å². The molecule has 0 aliphatic carbocycles. The third-order valence-electron chi connectivity index (χ3n) is 5.81. The van der Waals surface area contributed by atoms with E-state index in [2.05, 4.69) is 37.1 Å². The van der Waals surface area contributed by atoms with Crippen LogP contribution in [0.3, 0.4) is 0 Å². The van der Waals surface area contributed by atoms with Crippen molar-refractivity contribution >= 4 is 44.1 Å². The van der Waals surface area contributed by atoms with Crippen molar-refractivity contribution in [3.05, 3.63) is 63.4 Å². The van der Waals surface area contributed by atoms with Crippen LogP contribution in [-0.2, 0) is 13.1 Å². The molecule has 0 unspecified atom stereocenters. The quantitative estimate of drug-likeness (QED) is 0.345. The van der Waals surface area contributed by atoms with Gasteiger partial charge in [0.05, 0.1) is 18.3 Å². The molecule has 5 heterocycles. The number of para-hydroxylation sites is 1. The molecule has 6 rings (SSSR count). The highest BCUT2D eigenvalue weighted by molar-refractivity contribution is 9.10. The number of benzene rings is 1. The number of imidazole rings is 1. The summed E-state index contributed by atoms with van der Waals surface area (Å²) in [7, 11) is 0. The van der Waals surface area contributed by atoms with Crippen molar-refractivity contribution in [2.75, 3.05) is 17.2 Å². The molecular weight excluding hydrogens is 476 g/mol. The molecule has 1 aliphatic heterocycles. The predicted octanol–water partition coefficient (Wildman–Crippen LogP) is 2.50. The van der Waals surface area contributed by atoms with Crippen molar-refractivity contribution in [2.24, 2.45) is 0 Å². The molecule has 0 bridgehead atoms. The number of aromatic hydroxyl groups is 1. The molecule has 4 aromatic heterocycles. The molecule has 0 fully saturated rings. The second kappa shape index (κ2) is 6.82. The fraction of sp³-hybridized carbons (Fsp3) is 0.143. The molecule has 10 nitrogen and oxygen atoms in total. The van der Waals surface area contributed by atoms with Crippen LogP contribution in [0.25, 0.3) is 27.7 Å². The SMILES string of the molecule is Nc1c(Br)c(N2CCn3c(c(O)[nH]c3=O)C2)nc2c(-c3cnc4ccccc4c3)cnn12. The number of H-pyrrole nitrogens is 1. The second-order valence-electron chi connectivity index (χ2n) is 7.64. The maximum absolute atomic E-state index is 12.0. The molecule has 0 amide bonds. The van der Waals surface area contributed by atoms with Gasteiger partial charge in [0.1, 0.15) is 21.8 Å². The Morgan fingerprint density at radius 2 is 2.03 bits per heavy atom. The van der Waals surface area contributed by atoms with Gasteiger partial charge in [-0.3, -0.25) is 14.5 Å². The summed E-state index contributed by atoms with van der Waals surface area (Å²) in [6, 6.07) is 9.96. The Morgan fingerprint density at radius 3 is 2.91 bits per heavy atom. The van der Waals surface area contributed by atoms with Gasteiger partial charge in [-0.05, 0) is 28.1 Å². The van der Waals surface area contributed by atoms with E-state index in [1.54, 1.807) is 16.9 Å². The number of hydrogen-bond acceptors (Lipinski definition) is 7. The van der Waals surface area contributed by atoms with Crippen molar-refractivity contribution in [3.63, 3.8) is 0 Å². The van der Waals surface area contributed by atoms with Crippen molar-refractivity contribution in [1.29, 1.82) is 0 Å². The number of aromatic amines is 1. The number of anilines is 2. The van der Waals surface area contributed by atoms with Gasteiger partial charge < -0.3 is 15.7 Å². The standard InChI is InChI=1S/C21H17BrN8O2/c22-16-17(23)30-18(13(9-25-30)12-7-11-3-1-2-4-14(11)24-8-12)26-19(16)28-5-6-29-15(10-28)20(31)27-21(29)32/h1-4,7-9,31H,5-6,10,23H2,(H,27,32). The molecular formula is C21H17BrN8O2. The number of nitrogens with zero attached hydrogens (tertiary/aromatic N) is 6. The summed E-state index contributed by atoms with van der Waals surface area (Å²) in [5.41, 5.74) is 9.79. The van der Waals surface area contributed by atoms with Crippen LogP contribution < -0.4 is 16.3 Å². The zero-order valence-electron chi connectivity index (χ0n) is 16.7. The maximum Gasteiger partial charge on any atom is 0.328 e. The van der Waals surface area contributed by atoms with Crippen LogP contribution in [0, 0.1) is 0 Å². The maximum atomic E-state index is 12.0. The molecule has 160 valence electrons. The molecule has 4 N–H and O–H groups in total. The molecule has 32 heavy (non-hydrogen) atoms. The topological polar surface area (TPSA) is 130 Å². The molecule has 5 aromatic rings. The van der Waals surface area contributed by atoms with Gasteiger partial charge in [0, 0.05) is 35.8 Å². The first kappa shape index (κ1) is 18.9. The first-order valence-electron chi connectivity index (χ1n) is 9.94. The Labute approximate surface area is 189 Å². The van der Waals surface area contributed by atoms with E-state index in [-0.39, 0.29) is 11.6 Å². The highest BCUT2D eigenvalue weighted by atomic mass is 79.9. The molecule has 0 saturated carbocycles. The van der Waals surface area contributed by atoms with Crippen LogP contribution in [0.4, 0.5) is 11.6 Å². The van der Waals surface area contributed by atoms with Crippen LogP contribution >= 0.6 is 15.9 Å². The first-order chi connectivity index (χ1) is 15.5. The number of nitrogens with one attached hydrogen (secondary N) is 1. The van der Waals surface area contributed by atoms with Crippen LogP contribution in [0.2, 0.25) is 0 Å². The van der Waals surface area contributed by atoms with Gasteiger partial charge in [0.15, 0.2) is 5.65 Å². The number of pyridine rings is 1. The summed E-state index contributed by atoms with van der Waals surface area (Å²) < 4.78 is 3.72. The zero-order chi connectivity index (χ0) is 22.0. The molecule has 0 saturated heterocycles. The summed E-state index contributed by atoms with van der Waals surface area (Å²) in [5.74, 6) is 0.896. The van der Waals surface area contributed by atoms with E-state index in [0.29, 0.717) is 47.1 Å². The Balaban J connectivity index is 1.49. The van der Waals surface area contributed by atoms with Crippen molar-refractivity contribution in [2.45, 2.75) is 13.1 Å². The Morgan fingerprint density at radius 1 is 1.19 bits per heavy atom. The van der Waals surface area contributed by atoms with E-state index in [1.165, 1.54) is 4.57 Å². The molecule has 11 heteroatoms. The highest BCUT2D eigenvalue weighted by Crippen LogP contribution is 2.36. The van der Waals surface area contributed by atoms with Crippen LogP contribution in [0.1, 0.15) is 5.69 Å². The first-order valence-corrected chi connectivity index (χ1v) is 10.7. The van der Waals surface area contributed by atoms with E-state index in [0.717, 1.165) is 22.0 Å². The fourth-order valence-electron chi connectivity index (χ4n) is 4.16. The number of aromatic nitrogens is 6. The highest BCUT2D eigenvalue weighted by Gasteiger charge is 2.26. The third-order valence-corrected chi connectivity index (χ3v) is 6.57.